The van der Waals surface area contributed by atoms with E-state index in [1.165, 1.54) is 36.4 Å². The van der Waals surface area contributed by atoms with E-state index >= 15 is 0 Å². The summed E-state index contributed by atoms with van der Waals surface area (Å²) >= 11 is 0. The van der Waals surface area contributed by atoms with E-state index < -0.39 is 42.5 Å². The number of halogens is 9. The van der Waals surface area contributed by atoms with Gasteiger partial charge in [0, 0.05) is 0 Å². The van der Waals surface area contributed by atoms with Gasteiger partial charge in [0.2, 0.25) is 0 Å². The molecule has 0 heterocycles. The highest BCUT2D eigenvalue weighted by molar-refractivity contribution is 7.11. The van der Waals surface area contributed by atoms with Gasteiger partial charge in [0.1, 0.15) is 17.2 Å². The topological polar surface area (TPSA) is 27.7 Å². The van der Waals surface area contributed by atoms with E-state index in [9.17, 15) is 39.5 Å². The van der Waals surface area contributed by atoms with Crippen molar-refractivity contribution in [1.82, 2.24) is 0 Å². The summed E-state index contributed by atoms with van der Waals surface area (Å²) in [6, 6.07) is 14.7. The zero-order chi connectivity index (χ0) is 29.6. The molecule has 0 N–H and O–H groups in total. The molecular weight excluding hydrogens is 554 g/mol. The standard InChI is InChI=1S/C27H25BF9O3/c1-2-3-4-5-15-28(19-9-6-12-22(16-19)38-25(29,30)31,20-10-7-13-23(17-20)39-26(32,33)34)21-11-8-14-24(18-21)40-27(35,36)37/h6-14,16-18H,2-5,15H2,1H3/q-1. The molecule has 0 saturated carbocycles. The largest absolute Gasteiger partial charge is 0.573 e. The third-order valence-corrected chi connectivity index (χ3v) is 6.47. The highest BCUT2D eigenvalue weighted by Crippen LogP contribution is 2.28. The van der Waals surface area contributed by atoms with Gasteiger partial charge in [-0.2, -0.15) is 22.7 Å². The van der Waals surface area contributed by atoms with E-state index in [2.05, 4.69) is 14.2 Å². The van der Waals surface area contributed by atoms with Crippen LogP contribution in [0.15, 0.2) is 72.8 Å². The van der Waals surface area contributed by atoms with Gasteiger partial charge in [0.15, 0.2) is 0 Å². The van der Waals surface area contributed by atoms with Crippen LogP contribution in [0.25, 0.3) is 0 Å². The Morgan fingerprint density at radius 2 is 0.875 bits per heavy atom. The molecule has 0 fully saturated rings. The van der Waals surface area contributed by atoms with Gasteiger partial charge in [-0.1, -0.05) is 87.2 Å². The Bertz CT molecular complexity index is 1110. The van der Waals surface area contributed by atoms with Crippen molar-refractivity contribution < 1.29 is 53.7 Å². The maximum Gasteiger partial charge on any atom is 0.573 e. The predicted molar refractivity (Wildman–Crippen MR) is 133 cm³/mol. The fourth-order valence-corrected chi connectivity index (χ4v) is 5.01. The first-order valence-electron chi connectivity index (χ1n) is 12.4. The summed E-state index contributed by atoms with van der Waals surface area (Å²) in [5.41, 5.74) is 0.643. The molecule has 0 aliphatic rings. The first-order chi connectivity index (χ1) is 18.6. The summed E-state index contributed by atoms with van der Waals surface area (Å²) in [5, 5.41) is 0. The molecule has 0 amide bonds. The molecule has 13 heteroatoms. The molecule has 0 radical (unpaired) electrons. The normalized spacial score (nSPS) is 12.8. The minimum Gasteiger partial charge on any atom is -0.406 e. The molecule has 3 aromatic carbocycles. The molecule has 0 aliphatic carbocycles. The van der Waals surface area contributed by atoms with Crippen molar-refractivity contribution in [2.75, 3.05) is 0 Å². The van der Waals surface area contributed by atoms with Gasteiger partial charge in [-0.3, -0.25) is 0 Å². The van der Waals surface area contributed by atoms with Crippen molar-refractivity contribution >= 4 is 22.5 Å². The lowest BCUT2D eigenvalue weighted by Gasteiger charge is -2.44. The molecule has 0 spiro atoms. The van der Waals surface area contributed by atoms with E-state index in [0.29, 0.717) is 12.8 Å². The lowest BCUT2D eigenvalue weighted by atomic mass is 9.14. The molecule has 40 heavy (non-hydrogen) atoms. The quantitative estimate of drug-likeness (QED) is 0.134. The number of unbranched alkanes of at least 4 members (excludes halogenated alkanes) is 3. The monoisotopic (exact) mass is 579 g/mol. The molecule has 3 rings (SSSR count). The van der Waals surface area contributed by atoms with Gasteiger partial charge in [-0.25, -0.2) is 0 Å². The van der Waals surface area contributed by atoms with Gasteiger partial charge in [0.25, 0.3) is 0 Å². The van der Waals surface area contributed by atoms with Crippen LogP contribution >= 0.6 is 0 Å². The lowest BCUT2D eigenvalue weighted by molar-refractivity contribution is -0.275. The van der Waals surface area contributed by atoms with Gasteiger partial charge in [-0.15, -0.1) is 39.5 Å². The van der Waals surface area contributed by atoms with Gasteiger partial charge in [0.05, 0.1) is 6.15 Å². The Balaban J connectivity index is 2.31. The third-order valence-electron chi connectivity index (χ3n) is 6.47. The van der Waals surface area contributed by atoms with Crippen molar-refractivity contribution in [3.05, 3.63) is 72.8 Å². The molecule has 218 valence electrons. The fourth-order valence-electron chi connectivity index (χ4n) is 5.01. The van der Waals surface area contributed by atoms with Crippen LogP contribution in [-0.2, 0) is 0 Å². The first kappa shape index (κ1) is 31.0. The molecule has 3 aromatic rings. The van der Waals surface area contributed by atoms with Gasteiger partial charge in [-0.05, 0) is 18.2 Å². The van der Waals surface area contributed by atoms with Gasteiger partial charge < -0.3 is 14.2 Å². The first-order valence-corrected chi connectivity index (χ1v) is 12.4. The zero-order valence-corrected chi connectivity index (χ0v) is 21.2. The third kappa shape index (κ3) is 8.75. The zero-order valence-electron chi connectivity index (χ0n) is 21.2. The van der Waals surface area contributed by atoms with Crippen LogP contribution < -0.4 is 30.6 Å². The second-order valence-electron chi connectivity index (χ2n) is 9.26. The number of alkyl halides is 9. The Morgan fingerprint density at radius 1 is 0.525 bits per heavy atom. The maximum absolute atomic E-state index is 13.1. The number of benzene rings is 3. The molecule has 0 saturated heterocycles. The van der Waals surface area contributed by atoms with E-state index in [-0.39, 0.29) is 22.7 Å². The molecular formula is C27H25BF9O3-. The van der Waals surface area contributed by atoms with Crippen LogP contribution in [-0.4, -0.2) is 25.2 Å². The Kier molecular flexibility index (Phi) is 9.57. The number of rotatable bonds is 11. The van der Waals surface area contributed by atoms with Gasteiger partial charge >= 0.3 is 19.1 Å². The van der Waals surface area contributed by atoms with Crippen molar-refractivity contribution in [1.29, 1.82) is 0 Å². The highest BCUT2D eigenvalue weighted by Gasteiger charge is 2.36. The Hall–Kier alpha value is -3.51. The molecule has 0 atom stereocenters. The molecule has 0 bridgehead atoms. The summed E-state index contributed by atoms with van der Waals surface area (Å²) in [4.78, 5) is 0. The second kappa shape index (κ2) is 12.3. The fraction of sp³-hybridized carbons (Fsp3) is 0.333. The SMILES string of the molecule is CCCCCC[B-](c1cccc(OC(F)(F)F)c1)(c1cccc(OC(F)(F)F)c1)c1cccc(OC(F)(F)F)c1. The van der Waals surface area contributed by atoms with E-state index in [1.54, 1.807) is 0 Å². The van der Waals surface area contributed by atoms with Crippen LogP contribution in [0.4, 0.5) is 39.5 Å². The molecule has 0 aliphatic heterocycles. The summed E-state index contributed by atoms with van der Waals surface area (Å²) < 4.78 is 130. The highest BCUT2D eigenvalue weighted by atomic mass is 19.4. The van der Waals surface area contributed by atoms with Crippen LogP contribution in [0.3, 0.4) is 0 Å². The van der Waals surface area contributed by atoms with E-state index in [1.807, 2.05) is 6.92 Å². The molecule has 0 unspecified atom stereocenters. The Labute approximate surface area is 224 Å². The molecule has 3 nitrogen and oxygen atoms in total. The number of hydrogen-bond donors (Lipinski definition) is 0. The molecule has 0 aromatic heterocycles. The van der Waals surface area contributed by atoms with E-state index in [4.69, 9.17) is 0 Å². The second-order valence-corrected chi connectivity index (χ2v) is 9.26. The maximum atomic E-state index is 13.1. The minimum atomic E-state index is -5.03. The van der Waals surface area contributed by atoms with Crippen LogP contribution in [0.2, 0.25) is 6.32 Å². The number of hydrogen-bond acceptors (Lipinski definition) is 3. The van der Waals surface area contributed by atoms with Crippen molar-refractivity contribution in [3.63, 3.8) is 0 Å². The van der Waals surface area contributed by atoms with Crippen molar-refractivity contribution in [2.24, 2.45) is 0 Å². The summed E-state index contributed by atoms with van der Waals surface area (Å²) in [5.74, 6) is -1.76. The van der Waals surface area contributed by atoms with Crippen LogP contribution in [0.5, 0.6) is 17.2 Å². The minimum absolute atomic E-state index is 0.181. The van der Waals surface area contributed by atoms with Crippen molar-refractivity contribution in [3.8, 4) is 17.2 Å². The average molecular weight is 579 g/mol. The van der Waals surface area contributed by atoms with Crippen LogP contribution in [0.1, 0.15) is 32.6 Å². The average Bonchev–Trinajstić information content (AvgIpc) is 2.82. The summed E-state index contributed by atoms with van der Waals surface area (Å²) in [7, 11) is 0. The Morgan fingerprint density at radius 3 is 1.18 bits per heavy atom. The lowest BCUT2D eigenvalue weighted by Crippen LogP contribution is -2.67. The predicted octanol–water partition coefficient (Wildman–Crippen LogP) is 7.43. The van der Waals surface area contributed by atoms with Crippen molar-refractivity contribution in [2.45, 2.75) is 58.0 Å². The number of ether oxygens (including phenoxy) is 3. The van der Waals surface area contributed by atoms with E-state index in [0.717, 1.165) is 49.2 Å². The van der Waals surface area contributed by atoms with Crippen LogP contribution in [0, 0.1) is 0 Å². The summed E-state index contributed by atoms with van der Waals surface area (Å²) in [6.07, 6.45) is -14.6. The smallest absolute Gasteiger partial charge is 0.406 e. The summed E-state index contributed by atoms with van der Waals surface area (Å²) in [6.45, 7) is 1.95.